The summed E-state index contributed by atoms with van der Waals surface area (Å²) in [7, 11) is 0. The first-order valence-corrected chi connectivity index (χ1v) is 6.45. The molecule has 0 nitrogen and oxygen atoms in total. The maximum atomic E-state index is 2.32. The monoisotopic (exact) mass is 180 g/mol. The van der Waals surface area contributed by atoms with Gasteiger partial charge in [0, 0.05) is 4.88 Å². The highest BCUT2D eigenvalue weighted by atomic mass is 32.1. The lowest BCUT2D eigenvalue weighted by Crippen LogP contribution is -1.91. The topological polar surface area (TPSA) is 0 Å². The number of hydrogen-bond donors (Lipinski definition) is 0. The van der Waals surface area contributed by atoms with Crippen molar-refractivity contribution in [2.24, 2.45) is 0 Å². The fourth-order valence-electron chi connectivity index (χ4n) is 1.73. The van der Waals surface area contributed by atoms with E-state index in [1.165, 1.54) is 42.0 Å². The standard InChI is InChI=1S/C9H11S.Al.2H/c1-2-4-8-6-7-10-9(8)5-3-1;;;/h1,6-7H,2-5H2;;;. The van der Waals surface area contributed by atoms with Crippen molar-refractivity contribution in [3.8, 4) is 0 Å². The van der Waals surface area contributed by atoms with Gasteiger partial charge in [0.05, 0.1) is 0 Å². The zero-order valence-corrected chi connectivity index (χ0v) is 9.79. The summed E-state index contributed by atoms with van der Waals surface area (Å²) in [5, 5.41) is 2.25. The van der Waals surface area contributed by atoms with Crippen molar-refractivity contribution in [2.45, 2.75) is 30.5 Å². The van der Waals surface area contributed by atoms with Gasteiger partial charge in [0.25, 0.3) is 0 Å². The maximum Gasteiger partial charge on any atom is 0.216 e. The Morgan fingerprint density at radius 3 is 3.09 bits per heavy atom. The molecule has 0 aromatic carbocycles. The molecule has 0 bridgehead atoms. The quantitative estimate of drug-likeness (QED) is 0.423. The molecule has 1 aliphatic rings. The Labute approximate surface area is 80.1 Å². The SMILES string of the molecule is [AlH2][CH]1CCc2ccsc2CC1. The third-order valence-electron chi connectivity index (χ3n) is 2.61. The van der Waals surface area contributed by atoms with E-state index in [1.807, 2.05) is 11.3 Å². The van der Waals surface area contributed by atoms with E-state index < -0.39 is 0 Å². The third kappa shape index (κ3) is 1.69. The van der Waals surface area contributed by atoms with Gasteiger partial charge < -0.3 is 0 Å². The molecule has 0 saturated carbocycles. The molecular weight excluding hydrogens is 167 g/mol. The van der Waals surface area contributed by atoms with Crippen LogP contribution in [0, 0.1) is 0 Å². The average molecular weight is 180 g/mol. The normalized spacial score (nSPS) is 24.2. The van der Waals surface area contributed by atoms with Gasteiger partial charge in [-0.15, -0.1) is 11.3 Å². The smallest absolute Gasteiger partial charge is 0.149 e. The second-order valence-corrected chi connectivity index (χ2v) is 6.19. The van der Waals surface area contributed by atoms with E-state index in [4.69, 9.17) is 0 Å². The predicted octanol–water partition coefficient (Wildman–Crippen LogP) is 2.05. The number of hydrogen-bond acceptors (Lipinski definition) is 1. The van der Waals surface area contributed by atoms with Crippen molar-refractivity contribution in [2.75, 3.05) is 0 Å². The van der Waals surface area contributed by atoms with E-state index in [1.54, 1.807) is 10.4 Å². The van der Waals surface area contributed by atoms with E-state index in [-0.39, 0.29) is 0 Å². The Bertz CT molecular complexity index is 219. The summed E-state index contributed by atoms with van der Waals surface area (Å²) < 4.78 is 1.08. The zero-order valence-electron chi connectivity index (χ0n) is 6.97. The molecule has 1 heterocycles. The van der Waals surface area contributed by atoms with Crippen LogP contribution in [0.25, 0.3) is 0 Å². The van der Waals surface area contributed by atoms with Crippen LogP contribution in [0.15, 0.2) is 11.4 Å². The van der Waals surface area contributed by atoms with Crippen molar-refractivity contribution in [3.05, 3.63) is 21.9 Å². The number of fused-ring (bicyclic) bond motifs is 1. The van der Waals surface area contributed by atoms with Crippen LogP contribution in [-0.4, -0.2) is 16.3 Å². The molecule has 1 aliphatic carbocycles. The van der Waals surface area contributed by atoms with Crippen LogP contribution in [0.4, 0.5) is 0 Å². The Morgan fingerprint density at radius 2 is 2.18 bits per heavy atom. The van der Waals surface area contributed by atoms with Crippen LogP contribution < -0.4 is 0 Å². The van der Waals surface area contributed by atoms with Crippen molar-refractivity contribution in [3.63, 3.8) is 0 Å². The molecule has 2 rings (SSSR count). The van der Waals surface area contributed by atoms with Gasteiger partial charge in [-0.2, -0.15) is 0 Å². The second kappa shape index (κ2) is 3.31. The number of aryl methyl sites for hydroxylation is 2. The summed E-state index contributed by atoms with van der Waals surface area (Å²) in [6.07, 6.45) is 5.63. The van der Waals surface area contributed by atoms with Gasteiger partial charge in [-0.1, -0.05) is 17.6 Å². The molecule has 2 heteroatoms. The Kier molecular flexibility index (Phi) is 2.37. The maximum absolute atomic E-state index is 2.32. The Morgan fingerprint density at radius 1 is 1.36 bits per heavy atom. The third-order valence-corrected chi connectivity index (χ3v) is 4.79. The van der Waals surface area contributed by atoms with Crippen LogP contribution in [-0.2, 0) is 12.8 Å². The summed E-state index contributed by atoms with van der Waals surface area (Å²) in [6, 6.07) is 2.32. The van der Waals surface area contributed by atoms with Crippen LogP contribution in [0.1, 0.15) is 23.3 Å². The lowest BCUT2D eigenvalue weighted by atomic mass is 10.1. The Hall–Kier alpha value is 0.232. The number of rotatable bonds is 0. The predicted molar refractivity (Wildman–Crippen MR) is 53.3 cm³/mol. The van der Waals surface area contributed by atoms with Gasteiger partial charge >= 0.3 is 0 Å². The van der Waals surface area contributed by atoms with Crippen molar-refractivity contribution in [1.82, 2.24) is 0 Å². The molecule has 1 unspecified atom stereocenters. The van der Waals surface area contributed by atoms with E-state index in [9.17, 15) is 0 Å². The average Bonchev–Trinajstić information content (AvgIpc) is 2.38. The van der Waals surface area contributed by atoms with Gasteiger partial charge in [0.1, 0.15) is 0 Å². The largest absolute Gasteiger partial charge is 0.216 e. The van der Waals surface area contributed by atoms with Crippen molar-refractivity contribution in [1.29, 1.82) is 0 Å². The highest BCUT2D eigenvalue weighted by Crippen LogP contribution is 2.29. The first-order chi connectivity index (χ1) is 5.36. The van der Waals surface area contributed by atoms with Gasteiger partial charge in [-0.05, 0) is 29.9 Å². The Balaban J connectivity index is 2.20. The number of thiophene rings is 1. The molecule has 0 spiro atoms. The van der Waals surface area contributed by atoms with Crippen LogP contribution >= 0.6 is 11.3 Å². The molecule has 1 atom stereocenters. The highest BCUT2D eigenvalue weighted by Gasteiger charge is 2.12. The first-order valence-electron chi connectivity index (χ1n) is 4.41. The summed E-state index contributed by atoms with van der Waals surface area (Å²) in [5.41, 5.74) is 1.65. The van der Waals surface area contributed by atoms with E-state index in [0.717, 1.165) is 4.78 Å². The van der Waals surface area contributed by atoms with Crippen molar-refractivity contribution < 1.29 is 0 Å². The van der Waals surface area contributed by atoms with Gasteiger partial charge in [0.15, 0.2) is 0 Å². The summed E-state index contributed by atoms with van der Waals surface area (Å²) >= 11 is 3.35. The fourth-order valence-corrected chi connectivity index (χ4v) is 3.26. The lowest BCUT2D eigenvalue weighted by molar-refractivity contribution is 0.710. The molecule has 11 heavy (non-hydrogen) atoms. The first kappa shape index (κ1) is 7.86. The second-order valence-electron chi connectivity index (χ2n) is 3.55. The lowest BCUT2D eigenvalue weighted by Gasteiger charge is -2.03. The molecular formula is C9H13AlS. The summed E-state index contributed by atoms with van der Waals surface area (Å²) in [5.74, 6) is 0. The van der Waals surface area contributed by atoms with Crippen LogP contribution in [0.2, 0.25) is 4.78 Å². The van der Waals surface area contributed by atoms with E-state index >= 15 is 0 Å². The molecule has 1 aromatic rings. The molecule has 0 radical (unpaired) electrons. The summed E-state index contributed by atoms with van der Waals surface area (Å²) in [4.78, 5) is 1.67. The molecule has 0 aliphatic heterocycles. The van der Waals surface area contributed by atoms with Crippen molar-refractivity contribution >= 4 is 27.6 Å². The van der Waals surface area contributed by atoms with E-state index in [2.05, 4.69) is 11.4 Å². The van der Waals surface area contributed by atoms with Crippen LogP contribution in [0.3, 0.4) is 0 Å². The van der Waals surface area contributed by atoms with E-state index in [0.29, 0.717) is 0 Å². The molecule has 0 fully saturated rings. The summed E-state index contributed by atoms with van der Waals surface area (Å²) in [6.45, 7) is 0. The zero-order chi connectivity index (χ0) is 7.68. The minimum Gasteiger partial charge on any atom is -0.149 e. The minimum absolute atomic E-state index is 1.08. The van der Waals surface area contributed by atoms with Gasteiger partial charge in [-0.25, -0.2) is 0 Å². The molecule has 0 amide bonds. The molecule has 0 N–H and O–H groups in total. The molecule has 1 aromatic heterocycles. The van der Waals surface area contributed by atoms with Gasteiger partial charge in [0.2, 0.25) is 16.3 Å². The van der Waals surface area contributed by atoms with Crippen LogP contribution in [0.5, 0.6) is 0 Å². The molecule has 0 saturated heterocycles. The molecule has 58 valence electrons. The minimum atomic E-state index is 1.08. The highest BCUT2D eigenvalue weighted by molar-refractivity contribution is 7.10. The van der Waals surface area contributed by atoms with Gasteiger partial charge in [-0.3, -0.25) is 0 Å². The fraction of sp³-hybridized carbons (Fsp3) is 0.556.